The largest absolute Gasteiger partial charge is 0.507 e. The number of hydrogen-bond donors (Lipinski definition) is 2. The molecule has 1 aromatic rings. The maximum atomic E-state index is 11.7. The van der Waals surface area contributed by atoms with Gasteiger partial charge in [-0.2, -0.15) is 0 Å². The molecule has 0 heterocycles. The van der Waals surface area contributed by atoms with E-state index in [2.05, 4.69) is 15.9 Å². The molecule has 0 saturated heterocycles. The molecule has 0 bridgehead atoms. The SMILES string of the molecule is COc1cc(O)c(C2(C(=O)O)CCCCC2)cc1Br. The van der Waals surface area contributed by atoms with E-state index in [9.17, 15) is 15.0 Å². The zero-order chi connectivity index (χ0) is 14.0. The molecule has 0 spiro atoms. The number of benzene rings is 1. The molecular formula is C14H17BrO4. The van der Waals surface area contributed by atoms with Crippen molar-refractivity contribution in [3.63, 3.8) is 0 Å². The molecule has 0 aromatic heterocycles. The van der Waals surface area contributed by atoms with Gasteiger partial charge in [-0.15, -0.1) is 0 Å². The van der Waals surface area contributed by atoms with Gasteiger partial charge in [-0.1, -0.05) is 19.3 Å². The molecule has 5 heteroatoms. The number of ether oxygens (including phenoxy) is 1. The molecule has 2 N–H and O–H groups in total. The van der Waals surface area contributed by atoms with Gasteiger partial charge in [0.2, 0.25) is 0 Å². The highest BCUT2D eigenvalue weighted by atomic mass is 79.9. The summed E-state index contributed by atoms with van der Waals surface area (Å²) in [6.07, 6.45) is 3.92. The Morgan fingerprint density at radius 2 is 1.95 bits per heavy atom. The van der Waals surface area contributed by atoms with Crippen LogP contribution in [0.5, 0.6) is 11.5 Å². The molecule has 0 amide bonds. The normalized spacial score (nSPS) is 18.0. The average Bonchev–Trinajstić information content (AvgIpc) is 2.41. The average molecular weight is 329 g/mol. The number of rotatable bonds is 3. The summed E-state index contributed by atoms with van der Waals surface area (Å²) in [4.78, 5) is 11.7. The first-order valence-corrected chi connectivity index (χ1v) is 7.11. The molecule has 1 aliphatic carbocycles. The Balaban J connectivity index is 2.54. The molecule has 1 aromatic carbocycles. The molecule has 19 heavy (non-hydrogen) atoms. The van der Waals surface area contributed by atoms with Crippen molar-refractivity contribution in [3.05, 3.63) is 22.2 Å². The molecular weight excluding hydrogens is 312 g/mol. The number of hydrogen-bond acceptors (Lipinski definition) is 3. The molecule has 1 aliphatic rings. The van der Waals surface area contributed by atoms with Crippen molar-refractivity contribution in [2.24, 2.45) is 0 Å². The monoisotopic (exact) mass is 328 g/mol. The first-order valence-electron chi connectivity index (χ1n) is 6.31. The van der Waals surface area contributed by atoms with E-state index >= 15 is 0 Å². The Kier molecular flexibility index (Phi) is 4.04. The summed E-state index contributed by atoms with van der Waals surface area (Å²) >= 11 is 3.35. The van der Waals surface area contributed by atoms with Crippen LogP contribution in [0.25, 0.3) is 0 Å². The quantitative estimate of drug-likeness (QED) is 0.891. The highest BCUT2D eigenvalue weighted by Gasteiger charge is 2.43. The lowest BCUT2D eigenvalue weighted by Crippen LogP contribution is -2.37. The Hall–Kier alpha value is -1.23. The minimum absolute atomic E-state index is 0.00986. The highest BCUT2D eigenvalue weighted by Crippen LogP contribution is 2.46. The second-order valence-corrected chi connectivity index (χ2v) is 5.81. The van der Waals surface area contributed by atoms with Crippen molar-refractivity contribution in [1.29, 1.82) is 0 Å². The van der Waals surface area contributed by atoms with Crippen LogP contribution < -0.4 is 4.74 Å². The predicted octanol–water partition coefficient (Wildman–Crippen LogP) is 3.45. The number of halogens is 1. The zero-order valence-corrected chi connectivity index (χ0v) is 12.4. The van der Waals surface area contributed by atoms with Crippen molar-refractivity contribution >= 4 is 21.9 Å². The van der Waals surface area contributed by atoms with Gasteiger partial charge in [0.15, 0.2) is 0 Å². The fourth-order valence-corrected chi connectivity index (χ4v) is 3.34. The van der Waals surface area contributed by atoms with Crippen LogP contribution in [0.2, 0.25) is 0 Å². The van der Waals surface area contributed by atoms with Gasteiger partial charge in [-0.05, 0) is 34.8 Å². The molecule has 0 atom stereocenters. The van der Waals surface area contributed by atoms with Gasteiger partial charge in [0.25, 0.3) is 0 Å². The number of carboxylic acids is 1. The molecule has 1 saturated carbocycles. The summed E-state index contributed by atoms with van der Waals surface area (Å²) in [5.41, 5.74) is -0.496. The van der Waals surface area contributed by atoms with E-state index in [1.54, 1.807) is 6.07 Å². The third kappa shape index (κ3) is 2.43. The van der Waals surface area contributed by atoms with Crippen LogP contribution >= 0.6 is 15.9 Å². The van der Waals surface area contributed by atoms with Gasteiger partial charge in [-0.25, -0.2) is 0 Å². The van der Waals surface area contributed by atoms with Crippen LogP contribution in [-0.4, -0.2) is 23.3 Å². The lowest BCUT2D eigenvalue weighted by molar-refractivity contribution is -0.145. The van der Waals surface area contributed by atoms with Crippen LogP contribution in [0, 0.1) is 0 Å². The van der Waals surface area contributed by atoms with E-state index in [0.29, 0.717) is 28.6 Å². The number of carbonyl (C=O) groups is 1. The summed E-state index contributed by atoms with van der Waals surface area (Å²) in [5.74, 6) is -0.374. The van der Waals surface area contributed by atoms with E-state index in [0.717, 1.165) is 19.3 Å². The maximum Gasteiger partial charge on any atom is 0.314 e. The lowest BCUT2D eigenvalue weighted by Gasteiger charge is -2.34. The van der Waals surface area contributed by atoms with Crippen molar-refractivity contribution in [2.75, 3.05) is 7.11 Å². The minimum atomic E-state index is -0.975. The summed E-state index contributed by atoms with van der Waals surface area (Å²) in [6.45, 7) is 0. The number of aromatic hydroxyl groups is 1. The molecule has 4 nitrogen and oxygen atoms in total. The van der Waals surface area contributed by atoms with Crippen LogP contribution in [0.3, 0.4) is 0 Å². The molecule has 2 rings (SSSR count). The zero-order valence-electron chi connectivity index (χ0n) is 10.8. The predicted molar refractivity (Wildman–Crippen MR) is 74.8 cm³/mol. The van der Waals surface area contributed by atoms with Gasteiger partial charge in [0.05, 0.1) is 17.0 Å². The number of methoxy groups -OCH3 is 1. The number of carboxylic acid groups (broad SMARTS) is 1. The van der Waals surface area contributed by atoms with Crippen molar-refractivity contribution in [1.82, 2.24) is 0 Å². The number of phenolic OH excluding ortho intramolecular Hbond substituents is 1. The van der Waals surface area contributed by atoms with E-state index in [-0.39, 0.29) is 5.75 Å². The first-order chi connectivity index (χ1) is 9.01. The Labute approximate surface area is 120 Å². The van der Waals surface area contributed by atoms with Crippen molar-refractivity contribution in [2.45, 2.75) is 37.5 Å². The third-order valence-electron chi connectivity index (χ3n) is 3.90. The van der Waals surface area contributed by atoms with Crippen molar-refractivity contribution in [3.8, 4) is 11.5 Å². The molecule has 104 valence electrons. The third-order valence-corrected chi connectivity index (χ3v) is 4.52. The summed E-state index contributed by atoms with van der Waals surface area (Å²) < 4.78 is 5.77. The second kappa shape index (κ2) is 5.41. The van der Waals surface area contributed by atoms with Crippen LogP contribution in [0.15, 0.2) is 16.6 Å². The smallest absolute Gasteiger partial charge is 0.314 e. The van der Waals surface area contributed by atoms with Gasteiger partial charge in [0, 0.05) is 11.6 Å². The fourth-order valence-electron chi connectivity index (χ4n) is 2.84. The van der Waals surface area contributed by atoms with E-state index in [1.807, 2.05) is 0 Å². The Bertz CT molecular complexity index is 492. The molecule has 0 unspecified atom stereocenters. The van der Waals surface area contributed by atoms with Gasteiger partial charge in [0.1, 0.15) is 11.5 Å². The van der Waals surface area contributed by atoms with E-state index in [1.165, 1.54) is 13.2 Å². The standard InChI is InChI=1S/C14H17BrO4/c1-19-12-8-11(16)9(7-10(12)15)14(13(17)18)5-3-2-4-6-14/h7-8,16H,2-6H2,1H3,(H,17,18). The Morgan fingerprint density at radius 1 is 1.32 bits per heavy atom. The first kappa shape index (κ1) is 14.2. The molecule has 0 aliphatic heterocycles. The fraction of sp³-hybridized carbons (Fsp3) is 0.500. The summed E-state index contributed by atoms with van der Waals surface area (Å²) in [6, 6.07) is 3.15. The van der Waals surface area contributed by atoms with Crippen LogP contribution in [0.1, 0.15) is 37.7 Å². The van der Waals surface area contributed by atoms with Gasteiger partial charge in [-0.3, -0.25) is 4.79 Å². The number of phenols is 1. The minimum Gasteiger partial charge on any atom is -0.507 e. The molecule has 0 radical (unpaired) electrons. The Morgan fingerprint density at radius 3 is 2.47 bits per heavy atom. The maximum absolute atomic E-state index is 11.7. The summed E-state index contributed by atoms with van der Waals surface area (Å²) in [7, 11) is 1.51. The second-order valence-electron chi connectivity index (χ2n) is 4.95. The summed E-state index contributed by atoms with van der Waals surface area (Å²) in [5, 5.41) is 19.8. The van der Waals surface area contributed by atoms with Gasteiger partial charge < -0.3 is 14.9 Å². The highest BCUT2D eigenvalue weighted by molar-refractivity contribution is 9.10. The van der Waals surface area contributed by atoms with E-state index in [4.69, 9.17) is 4.74 Å². The molecule has 1 fully saturated rings. The van der Waals surface area contributed by atoms with Crippen LogP contribution in [-0.2, 0) is 10.2 Å². The van der Waals surface area contributed by atoms with Gasteiger partial charge >= 0.3 is 5.97 Å². The topological polar surface area (TPSA) is 66.8 Å². The lowest BCUT2D eigenvalue weighted by atomic mass is 9.69. The van der Waals surface area contributed by atoms with Crippen LogP contribution in [0.4, 0.5) is 0 Å². The van der Waals surface area contributed by atoms with E-state index < -0.39 is 11.4 Å². The van der Waals surface area contributed by atoms with Crippen molar-refractivity contribution < 1.29 is 19.7 Å². The number of aliphatic carboxylic acids is 1.